The van der Waals surface area contributed by atoms with Gasteiger partial charge in [0.2, 0.25) is 15.9 Å². The van der Waals surface area contributed by atoms with E-state index in [1.165, 1.54) is 4.31 Å². The van der Waals surface area contributed by atoms with E-state index in [1.54, 1.807) is 22.0 Å². The second kappa shape index (κ2) is 8.56. The number of sulfonamides is 1. The Balaban J connectivity index is 1.37. The summed E-state index contributed by atoms with van der Waals surface area (Å²) in [5.41, 5.74) is 1.64. The first-order valence-corrected chi connectivity index (χ1v) is 11.1. The van der Waals surface area contributed by atoms with Crippen LogP contribution in [-0.2, 0) is 21.2 Å². The van der Waals surface area contributed by atoms with Crippen molar-refractivity contribution >= 4 is 15.9 Å². The topological polar surface area (TPSA) is 75.5 Å². The van der Waals surface area contributed by atoms with Crippen LogP contribution in [0.15, 0.2) is 65.8 Å². The summed E-state index contributed by atoms with van der Waals surface area (Å²) in [5, 5.41) is 4.28. The van der Waals surface area contributed by atoms with Crippen LogP contribution in [0.5, 0.6) is 0 Å². The number of piperazine rings is 1. The van der Waals surface area contributed by atoms with Crippen LogP contribution in [0.4, 0.5) is 8.78 Å². The molecule has 3 aromatic rings. The zero-order valence-corrected chi connectivity index (χ0v) is 17.3. The van der Waals surface area contributed by atoms with E-state index in [-0.39, 0.29) is 43.4 Å². The average Bonchev–Trinajstić information content (AvgIpc) is 3.24. The van der Waals surface area contributed by atoms with E-state index in [9.17, 15) is 22.0 Å². The molecule has 0 bridgehead atoms. The third-order valence-electron chi connectivity index (χ3n) is 5.13. The summed E-state index contributed by atoms with van der Waals surface area (Å²) in [5.74, 6) is -2.45. The maximum absolute atomic E-state index is 13.4. The molecule has 10 heteroatoms. The molecule has 31 heavy (non-hydrogen) atoms. The van der Waals surface area contributed by atoms with Crippen molar-refractivity contribution in [1.82, 2.24) is 19.0 Å². The van der Waals surface area contributed by atoms with Crippen LogP contribution in [0.25, 0.3) is 5.69 Å². The summed E-state index contributed by atoms with van der Waals surface area (Å²) in [6.07, 6.45) is 3.58. The van der Waals surface area contributed by atoms with Crippen LogP contribution in [0.1, 0.15) is 5.56 Å². The highest BCUT2D eigenvalue weighted by Gasteiger charge is 2.30. The largest absolute Gasteiger partial charge is 0.340 e. The van der Waals surface area contributed by atoms with Gasteiger partial charge in [0.25, 0.3) is 0 Å². The third-order valence-corrected chi connectivity index (χ3v) is 7.03. The van der Waals surface area contributed by atoms with Gasteiger partial charge in [-0.2, -0.15) is 9.40 Å². The first-order valence-electron chi connectivity index (χ1n) is 9.66. The van der Waals surface area contributed by atoms with Gasteiger partial charge in [0.15, 0.2) is 11.6 Å². The molecule has 1 aliphatic rings. The van der Waals surface area contributed by atoms with Gasteiger partial charge in [-0.3, -0.25) is 4.79 Å². The van der Waals surface area contributed by atoms with Crippen molar-refractivity contribution in [3.8, 4) is 5.69 Å². The Hall–Kier alpha value is -3.11. The Morgan fingerprint density at radius 1 is 0.968 bits per heavy atom. The minimum atomic E-state index is -3.96. The normalized spacial score (nSPS) is 15.2. The molecule has 1 amide bonds. The van der Waals surface area contributed by atoms with Crippen LogP contribution < -0.4 is 0 Å². The third kappa shape index (κ3) is 4.49. The fourth-order valence-electron chi connectivity index (χ4n) is 3.42. The highest BCUT2D eigenvalue weighted by molar-refractivity contribution is 7.89. The molecular formula is C21H20F2N4O3S. The van der Waals surface area contributed by atoms with Crippen LogP contribution in [0.3, 0.4) is 0 Å². The van der Waals surface area contributed by atoms with Crippen molar-refractivity contribution < 1.29 is 22.0 Å². The highest BCUT2D eigenvalue weighted by atomic mass is 32.2. The molecule has 0 aliphatic carbocycles. The van der Waals surface area contributed by atoms with E-state index >= 15 is 0 Å². The lowest BCUT2D eigenvalue weighted by atomic mass is 10.2. The molecule has 0 N–H and O–H groups in total. The Morgan fingerprint density at radius 3 is 2.35 bits per heavy atom. The van der Waals surface area contributed by atoms with Crippen molar-refractivity contribution in [2.24, 2.45) is 0 Å². The molecule has 1 saturated heterocycles. The number of rotatable bonds is 5. The van der Waals surface area contributed by atoms with Crippen molar-refractivity contribution in [2.45, 2.75) is 11.3 Å². The van der Waals surface area contributed by atoms with Crippen LogP contribution in [-0.4, -0.2) is 59.5 Å². The van der Waals surface area contributed by atoms with E-state index in [0.29, 0.717) is 6.07 Å². The van der Waals surface area contributed by atoms with Gasteiger partial charge in [0, 0.05) is 32.4 Å². The maximum atomic E-state index is 13.4. The molecular weight excluding hydrogens is 426 g/mol. The van der Waals surface area contributed by atoms with Crippen LogP contribution in [0, 0.1) is 11.6 Å². The lowest BCUT2D eigenvalue weighted by molar-refractivity contribution is -0.131. The molecule has 0 unspecified atom stereocenters. The van der Waals surface area contributed by atoms with E-state index in [2.05, 4.69) is 5.10 Å². The quantitative estimate of drug-likeness (QED) is 0.602. The summed E-state index contributed by atoms with van der Waals surface area (Å²) in [6, 6.07) is 12.0. The Labute approximate surface area is 178 Å². The first-order chi connectivity index (χ1) is 14.8. The number of carbonyl (C=O) groups excluding carboxylic acids is 1. The molecule has 0 atom stereocenters. The van der Waals surface area contributed by atoms with E-state index in [4.69, 9.17) is 0 Å². The highest BCUT2D eigenvalue weighted by Crippen LogP contribution is 2.20. The zero-order chi connectivity index (χ0) is 22.0. The Bertz CT molecular complexity index is 1190. The molecule has 162 valence electrons. The predicted octanol–water partition coefficient (Wildman–Crippen LogP) is 2.23. The predicted molar refractivity (Wildman–Crippen MR) is 109 cm³/mol. The lowest BCUT2D eigenvalue weighted by Crippen LogP contribution is -2.50. The van der Waals surface area contributed by atoms with Gasteiger partial charge in [-0.25, -0.2) is 21.9 Å². The number of nitrogens with zero attached hydrogens (tertiary/aromatic N) is 4. The van der Waals surface area contributed by atoms with E-state index < -0.39 is 21.7 Å². The number of aromatic nitrogens is 2. The molecule has 1 aromatic heterocycles. The van der Waals surface area contributed by atoms with Crippen LogP contribution in [0.2, 0.25) is 0 Å². The molecule has 4 rings (SSSR count). The second-order valence-electron chi connectivity index (χ2n) is 7.17. The second-order valence-corrected chi connectivity index (χ2v) is 9.10. The van der Waals surface area contributed by atoms with E-state index in [0.717, 1.165) is 23.4 Å². The number of hydrogen-bond donors (Lipinski definition) is 0. The van der Waals surface area contributed by atoms with Gasteiger partial charge in [-0.15, -0.1) is 0 Å². The molecule has 2 aromatic carbocycles. The van der Waals surface area contributed by atoms with Gasteiger partial charge in [-0.05, 0) is 35.9 Å². The summed E-state index contributed by atoms with van der Waals surface area (Å²) >= 11 is 0. The van der Waals surface area contributed by atoms with Crippen LogP contribution >= 0.6 is 0 Å². The zero-order valence-electron chi connectivity index (χ0n) is 16.5. The molecule has 0 radical (unpaired) electrons. The number of carbonyl (C=O) groups is 1. The SMILES string of the molecule is O=C(Cc1cnn(-c2ccccc2)c1)N1CCN(S(=O)(=O)c2ccc(F)c(F)c2)CC1. The number of hydrogen-bond acceptors (Lipinski definition) is 4. The molecule has 1 fully saturated rings. The number of halogens is 2. The standard InChI is InChI=1S/C21H20F2N4O3S/c22-19-7-6-18(13-20(19)23)31(29,30)26-10-8-25(9-11-26)21(28)12-16-14-24-27(15-16)17-4-2-1-3-5-17/h1-7,13-15H,8-12H2. The number of amides is 1. The smallest absolute Gasteiger partial charge is 0.243 e. The van der Waals surface area contributed by atoms with Gasteiger partial charge >= 0.3 is 0 Å². The molecule has 7 nitrogen and oxygen atoms in total. The summed E-state index contributed by atoms with van der Waals surface area (Å²) in [7, 11) is -3.96. The van der Waals surface area contributed by atoms with Gasteiger partial charge in [0.05, 0.1) is 23.2 Å². The fraction of sp³-hybridized carbons (Fsp3) is 0.238. The Morgan fingerprint density at radius 2 is 1.68 bits per heavy atom. The number of benzene rings is 2. The molecule has 2 heterocycles. The minimum absolute atomic E-state index is 0.0797. The van der Waals surface area contributed by atoms with Crippen molar-refractivity contribution in [3.05, 3.63) is 78.1 Å². The molecule has 1 aliphatic heterocycles. The monoisotopic (exact) mass is 446 g/mol. The maximum Gasteiger partial charge on any atom is 0.243 e. The van der Waals surface area contributed by atoms with Crippen molar-refractivity contribution in [3.63, 3.8) is 0 Å². The summed E-state index contributed by atoms with van der Waals surface area (Å²) in [6.45, 7) is 0.593. The summed E-state index contributed by atoms with van der Waals surface area (Å²) in [4.78, 5) is 13.9. The molecule has 0 spiro atoms. The van der Waals surface area contributed by atoms with Gasteiger partial charge in [0.1, 0.15) is 0 Å². The van der Waals surface area contributed by atoms with Gasteiger partial charge < -0.3 is 4.90 Å². The van der Waals surface area contributed by atoms with Gasteiger partial charge in [-0.1, -0.05) is 18.2 Å². The number of para-hydroxylation sites is 1. The summed E-state index contributed by atoms with van der Waals surface area (Å²) < 4.78 is 54.8. The van der Waals surface area contributed by atoms with E-state index in [1.807, 2.05) is 30.3 Å². The molecule has 0 saturated carbocycles. The van der Waals surface area contributed by atoms with Crippen molar-refractivity contribution in [1.29, 1.82) is 0 Å². The minimum Gasteiger partial charge on any atom is -0.340 e. The average molecular weight is 446 g/mol. The first kappa shape index (κ1) is 21.1. The Kier molecular flexibility index (Phi) is 5.84. The lowest BCUT2D eigenvalue weighted by Gasteiger charge is -2.34. The van der Waals surface area contributed by atoms with Crippen molar-refractivity contribution in [2.75, 3.05) is 26.2 Å². The fourth-order valence-corrected chi connectivity index (χ4v) is 4.86.